The first-order valence-corrected chi connectivity index (χ1v) is 5.91. The Labute approximate surface area is 101 Å². The molecule has 2 heterocycles. The van der Waals surface area contributed by atoms with Crippen LogP contribution in [0, 0.1) is 0 Å². The minimum atomic E-state index is 0.0500. The number of rotatable bonds is 3. The zero-order valence-electron chi connectivity index (χ0n) is 9.79. The van der Waals surface area contributed by atoms with Gasteiger partial charge in [-0.1, -0.05) is 17.6 Å². The van der Waals surface area contributed by atoms with Crippen LogP contribution in [0.4, 0.5) is 0 Å². The van der Waals surface area contributed by atoms with E-state index in [4.69, 9.17) is 10.9 Å². The van der Waals surface area contributed by atoms with Gasteiger partial charge in [-0.05, 0) is 31.0 Å². The average Bonchev–Trinajstić information content (AvgIpc) is 2.40. The zero-order valence-corrected chi connectivity index (χ0v) is 9.79. The highest BCUT2D eigenvalue weighted by Gasteiger charge is 2.25. The van der Waals surface area contributed by atoms with Gasteiger partial charge < -0.3 is 10.9 Å². The third kappa shape index (κ3) is 2.94. The fourth-order valence-electron chi connectivity index (χ4n) is 2.31. The summed E-state index contributed by atoms with van der Waals surface area (Å²) >= 11 is 0. The third-order valence-corrected chi connectivity index (χ3v) is 3.18. The maximum absolute atomic E-state index is 8.79. The summed E-state index contributed by atoms with van der Waals surface area (Å²) in [6.07, 6.45) is 6.87. The van der Waals surface area contributed by atoms with Gasteiger partial charge in [0.1, 0.15) is 0 Å². The summed E-state index contributed by atoms with van der Waals surface area (Å²) in [4.78, 5) is 6.35. The molecule has 1 atom stereocenters. The molecule has 0 radical (unpaired) electrons. The van der Waals surface area contributed by atoms with E-state index in [-0.39, 0.29) is 6.04 Å². The van der Waals surface area contributed by atoms with Crippen LogP contribution in [0.15, 0.2) is 29.7 Å². The van der Waals surface area contributed by atoms with Crippen LogP contribution in [0.2, 0.25) is 0 Å². The fraction of sp³-hybridized carbons (Fsp3) is 0.500. The SMILES string of the molecule is NC(=NO)C1CCCCN1Cc1cccnc1. The lowest BCUT2D eigenvalue weighted by atomic mass is 10.0. The Kier molecular flexibility index (Phi) is 3.93. The molecular formula is C12H18N4O. The number of likely N-dealkylation sites (tertiary alicyclic amines) is 1. The lowest BCUT2D eigenvalue weighted by Crippen LogP contribution is -2.47. The summed E-state index contributed by atoms with van der Waals surface area (Å²) in [7, 11) is 0. The molecule has 0 saturated carbocycles. The van der Waals surface area contributed by atoms with Crippen LogP contribution in [0.3, 0.4) is 0 Å². The van der Waals surface area contributed by atoms with E-state index < -0.39 is 0 Å². The van der Waals surface area contributed by atoms with E-state index in [1.807, 2.05) is 18.3 Å². The van der Waals surface area contributed by atoms with Gasteiger partial charge in [0.2, 0.25) is 0 Å². The molecule has 0 bridgehead atoms. The summed E-state index contributed by atoms with van der Waals surface area (Å²) in [6, 6.07) is 4.02. The number of piperidine rings is 1. The van der Waals surface area contributed by atoms with Gasteiger partial charge in [-0.2, -0.15) is 0 Å². The molecule has 92 valence electrons. The molecule has 0 spiro atoms. The van der Waals surface area contributed by atoms with E-state index in [1.54, 1.807) is 6.20 Å². The van der Waals surface area contributed by atoms with Crippen LogP contribution in [0.5, 0.6) is 0 Å². The number of nitrogens with zero attached hydrogens (tertiary/aromatic N) is 3. The standard InChI is InChI=1S/C12H18N4O/c13-12(15-17)11-5-1-2-7-16(11)9-10-4-3-6-14-8-10/h3-4,6,8,11,17H,1-2,5,7,9H2,(H2,13,15). The van der Waals surface area contributed by atoms with Crippen LogP contribution in [0.1, 0.15) is 24.8 Å². The summed E-state index contributed by atoms with van der Waals surface area (Å²) in [5.41, 5.74) is 6.89. The van der Waals surface area contributed by atoms with E-state index >= 15 is 0 Å². The quantitative estimate of drug-likeness (QED) is 0.356. The van der Waals surface area contributed by atoms with Crippen LogP contribution < -0.4 is 5.73 Å². The van der Waals surface area contributed by atoms with Gasteiger partial charge in [-0.15, -0.1) is 0 Å². The Bertz CT molecular complexity index is 379. The Morgan fingerprint density at radius 2 is 2.47 bits per heavy atom. The third-order valence-electron chi connectivity index (χ3n) is 3.18. The molecular weight excluding hydrogens is 216 g/mol. The molecule has 1 aliphatic heterocycles. The average molecular weight is 234 g/mol. The van der Waals surface area contributed by atoms with Crippen molar-refractivity contribution in [3.63, 3.8) is 0 Å². The minimum Gasteiger partial charge on any atom is -0.409 e. The Morgan fingerprint density at radius 3 is 3.18 bits per heavy atom. The topological polar surface area (TPSA) is 74.7 Å². The van der Waals surface area contributed by atoms with Crippen LogP contribution in [-0.2, 0) is 6.54 Å². The predicted octanol–water partition coefficient (Wildman–Crippen LogP) is 1.18. The predicted molar refractivity (Wildman–Crippen MR) is 65.7 cm³/mol. The zero-order chi connectivity index (χ0) is 12.1. The lowest BCUT2D eigenvalue weighted by Gasteiger charge is -2.34. The molecule has 1 aromatic heterocycles. The number of pyridine rings is 1. The van der Waals surface area contributed by atoms with E-state index in [1.165, 1.54) is 0 Å². The molecule has 1 unspecified atom stereocenters. The second-order valence-electron chi connectivity index (χ2n) is 4.37. The highest BCUT2D eigenvalue weighted by atomic mass is 16.4. The van der Waals surface area contributed by atoms with Crippen molar-refractivity contribution in [2.24, 2.45) is 10.9 Å². The van der Waals surface area contributed by atoms with Gasteiger partial charge in [-0.25, -0.2) is 0 Å². The van der Waals surface area contributed by atoms with Crippen molar-refractivity contribution in [1.29, 1.82) is 0 Å². The van der Waals surface area contributed by atoms with E-state index in [9.17, 15) is 0 Å². The maximum atomic E-state index is 8.79. The Hall–Kier alpha value is -1.62. The molecule has 5 nitrogen and oxygen atoms in total. The monoisotopic (exact) mass is 234 g/mol. The van der Waals surface area contributed by atoms with Crippen molar-refractivity contribution in [2.75, 3.05) is 6.54 Å². The second-order valence-corrected chi connectivity index (χ2v) is 4.37. The first kappa shape index (κ1) is 11.9. The molecule has 2 rings (SSSR count). The van der Waals surface area contributed by atoms with Gasteiger partial charge in [-0.3, -0.25) is 9.88 Å². The summed E-state index contributed by atoms with van der Waals surface area (Å²) in [5.74, 6) is 0.314. The van der Waals surface area contributed by atoms with E-state index in [0.717, 1.165) is 37.9 Å². The summed E-state index contributed by atoms with van der Waals surface area (Å²) < 4.78 is 0. The van der Waals surface area contributed by atoms with Gasteiger partial charge in [0.05, 0.1) is 6.04 Å². The van der Waals surface area contributed by atoms with Crippen LogP contribution in [-0.4, -0.2) is 33.5 Å². The Morgan fingerprint density at radius 1 is 1.59 bits per heavy atom. The molecule has 1 saturated heterocycles. The van der Waals surface area contributed by atoms with Crippen molar-refractivity contribution >= 4 is 5.84 Å². The molecule has 17 heavy (non-hydrogen) atoms. The van der Waals surface area contributed by atoms with E-state index in [2.05, 4.69) is 15.0 Å². The molecule has 5 heteroatoms. The number of hydrogen-bond acceptors (Lipinski definition) is 4. The van der Waals surface area contributed by atoms with Crippen LogP contribution in [0.25, 0.3) is 0 Å². The lowest BCUT2D eigenvalue weighted by molar-refractivity contribution is 0.178. The normalized spacial score (nSPS) is 22.6. The number of nitrogens with two attached hydrogens (primary N) is 1. The smallest absolute Gasteiger partial charge is 0.156 e. The fourth-order valence-corrected chi connectivity index (χ4v) is 2.31. The van der Waals surface area contributed by atoms with Gasteiger partial charge in [0.15, 0.2) is 5.84 Å². The van der Waals surface area contributed by atoms with Crippen molar-refractivity contribution in [3.8, 4) is 0 Å². The van der Waals surface area contributed by atoms with Crippen molar-refractivity contribution < 1.29 is 5.21 Å². The van der Waals surface area contributed by atoms with Gasteiger partial charge in [0, 0.05) is 18.9 Å². The highest BCUT2D eigenvalue weighted by Crippen LogP contribution is 2.19. The van der Waals surface area contributed by atoms with Crippen LogP contribution >= 0.6 is 0 Å². The molecule has 1 aliphatic rings. The molecule has 0 aliphatic carbocycles. The largest absolute Gasteiger partial charge is 0.409 e. The van der Waals surface area contributed by atoms with Crippen molar-refractivity contribution in [2.45, 2.75) is 31.8 Å². The number of amidine groups is 1. The maximum Gasteiger partial charge on any atom is 0.156 e. The number of aromatic nitrogens is 1. The van der Waals surface area contributed by atoms with Gasteiger partial charge >= 0.3 is 0 Å². The number of oxime groups is 1. The molecule has 0 amide bonds. The van der Waals surface area contributed by atoms with Crippen molar-refractivity contribution in [1.82, 2.24) is 9.88 Å². The number of hydrogen-bond donors (Lipinski definition) is 2. The molecule has 0 aromatic carbocycles. The summed E-state index contributed by atoms with van der Waals surface area (Å²) in [5, 5.41) is 11.9. The van der Waals surface area contributed by atoms with E-state index in [0.29, 0.717) is 5.84 Å². The second kappa shape index (κ2) is 5.63. The minimum absolute atomic E-state index is 0.0500. The summed E-state index contributed by atoms with van der Waals surface area (Å²) in [6.45, 7) is 1.78. The highest BCUT2D eigenvalue weighted by molar-refractivity contribution is 5.85. The molecule has 1 fully saturated rings. The Balaban J connectivity index is 2.07. The van der Waals surface area contributed by atoms with Gasteiger partial charge in [0.25, 0.3) is 0 Å². The first-order chi connectivity index (χ1) is 8.31. The molecule has 1 aromatic rings. The van der Waals surface area contributed by atoms with Crippen molar-refractivity contribution in [3.05, 3.63) is 30.1 Å². The first-order valence-electron chi connectivity index (χ1n) is 5.91. The molecule has 3 N–H and O–H groups in total.